The Bertz CT molecular complexity index is 181. The first kappa shape index (κ1) is 11.4. The number of nitrogens with zero attached hydrogens (tertiary/aromatic N) is 1. The second-order valence-electron chi connectivity index (χ2n) is 5.53. The van der Waals surface area contributed by atoms with E-state index in [4.69, 9.17) is 0 Å². The van der Waals surface area contributed by atoms with Crippen LogP contribution in [0.5, 0.6) is 0 Å². The summed E-state index contributed by atoms with van der Waals surface area (Å²) in [7, 11) is 2.23. The highest BCUT2D eigenvalue weighted by molar-refractivity contribution is 4.83. The third kappa shape index (κ3) is 3.76. The summed E-state index contributed by atoms with van der Waals surface area (Å²) >= 11 is 0. The van der Waals surface area contributed by atoms with Gasteiger partial charge in [0.05, 0.1) is 0 Å². The molecule has 1 heterocycles. The van der Waals surface area contributed by atoms with Crippen molar-refractivity contribution in [3.8, 4) is 0 Å². The minimum absolute atomic E-state index is 0.796. The SMILES string of the molecule is CCC(CC1CC1)NC1CCN(C)CC1. The van der Waals surface area contributed by atoms with E-state index in [-0.39, 0.29) is 0 Å². The largest absolute Gasteiger partial charge is 0.311 e. The summed E-state index contributed by atoms with van der Waals surface area (Å²) in [6.07, 6.45) is 8.41. The summed E-state index contributed by atoms with van der Waals surface area (Å²) in [5.74, 6) is 1.06. The van der Waals surface area contributed by atoms with Gasteiger partial charge in [-0.15, -0.1) is 0 Å². The standard InChI is InChI=1S/C13H26N2/c1-3-12(10-11-4-5-11)14-13-6-8-15(2)9-7-13/h11-14H,3-10H2,1-2H3. The second kappa shape index (κ2) is 5.31. The fraction of sp³-hybridized carbons (Fsp3) is 1.00. The molecule has 0 spiro atoms. The van der Waals surface area contributed by atoms with Gasteiger partial charge in [-0.25, -0.2) is 0 Å². The van der Waals surface area contributed by atoms with E-state index in [0.717, 1.165) is 18.0 Å². The van der Waals surface area contributed by atoms with Crippen LogP contribution < -0.4 is 5.32 Å². The molecule has 88 valence electrons. The highest BCUT2D eigenvalue weighted by Gasteiger charge is 2.26. The fourth-order valence-electron chi connectivity index (χ4n) is 2.62. The number of hydrogen-bond acceptors (Lipinski definition) is 2. The monoisotopic (exact) mass is 210 g/mol. The maximum Gasteiger partial charge on any atom is 0.00939 e. The second-order valence-corrected chi connectivity index (χ2v) is 5.53. The molecule has 1 atom stereocenters. The topological polar surface area (TPSA) is 15.3 Å². The third-order valence-electron chi connectivity index (χ3n) is 4.00. The lowest BCUT2D eigenvalue weighted by Crippen LogP contribution is -2.45. The van der Waals surface area contributed by atoms with Crippen molar-refractivity contribution in [1.82, 2.24) is 10.2 Å². The molecule has 1 N–H and O–H groups in total. The van der Waals surface area contributed by atoms with Crippen LogP contribution in [0.15, 0.2) is 0 Å². The Kier molecular flexibility index (Phi) is 4.04. The minimum atomic E-state index is 0.796. The van der Waals surface area contributed by atoms with Crippen LogP contribution in [0.3, 0.4) is 0 Å². The van der Waals surface area contributed by atoms with Crippen molar-refractivity contribution in [2.75, 3.05) is 20.1 Å². The number of rotatable bonds is 5. The van der Waals surface area contributed by atoms with Crippen molar-refractivity contribution < 1.29 is 0 Å². The molecule has 0 aromatic heterocycles. The number of piperidine rings is 1. The molecule has 15 heavy (non-hydrogen) atoms. The predicted molar refractivity (Wildman–Crippen MR) is 65.1 cm³/mol. The summed E-state index contributed by atoms with van der Waals surface area (Å²) in [5, 5.41) is 3.87. The van der Waals surface area contributed by atoms with Crippen LogP contribution in [-0.2, 0) is 0 Å². The van der Waals surface area contributed by atoms with E-state index in [9.17, 15) is 0 Å². The summed E-state index contributed by atoms with van der Waals surface area (Å²) in [5.41, 5.74) is 0. The smallest absolute Gasteiger partial charge is 0.00939 e. The van der Waals surface area contributed by atoms with Gasteiger partial charge in [0.2, 0.25) is 0 Å². The zero-order valence-electron chi connectivity index (χ0n) is 10.3. The average molecular weight is 210 g/mol. The Labute approximate surface area is 94.4 Å². The highest BCUT2D eigenvalue weighted by Crippen LogP contribution is 2.34. The highest BCUT2D eigenvalue weighted by atomic mass is 15.1. The van der Waals surface area contributed by atoms with Crippen LogP contribution in [0.4, 0.5) is 0 Å². The average Bonchev–Trinajstić information content (AvgIpc) is 3.04. The van der Waals surface area contributed by atoms with Gasteiger partial charge in [0.15, 0.2) is 0 Å². The van der Waals surface area contributed by atoms with Crippen molar-refractivity contribution in [2.45, 2.75) is 57.5 Å². The van der Waals surface area contributed by atoms with Crippen molar-refractivity contribution in [1.29, 1.82) is 0 Å². The molecule has 1 unspecified atom stereocenters. The van der Waals surface area contributed by atoms with Crippen LogP contribution in [0.2, 0.25) is 0 Å². The van der Waals surface area contributed by atoms with Crippen LogP contribution in [0.1, 0.15) is 45.4 Å². The summed E-state index contributed by atoms with van der Waals surface area (Å²) in [6, 6.07) is 1.59. The molecule has 1 saturated carbocycles. The van der Waals surface area contributed by atoms with Gasteiger partial charge in [0, 0.05) is 12.1 Å². The van der Waals surface area contributed by atoms with E-state index < -0.39 is 0 Å². The molecule has 2 heteroatoms. The normalized spacial score (nSPS) is 26.8. The quantitative estimate of drug-likeness (QED) is 0.749. The Morgan fingerprint density at radius 3 is 2.40 bits per heavy atom. The van der Waals surface area contributed by atoms with E-state index in [1.54, 1.807) is 0 Å². The van der Waals surface area contributed by atoms with Gasteiger partial charge in [-0.3, -0.25) is 0 Å². The van der Waals surface area contributed by atoms with Gasteiger partial charge < -0.3 is 10.2 Å². The van der Waals surface area contributed by atoms with Gasteiger partial charge in [-0.1, -0.05) is 19.8 Å². The molecule has 2 rings (SSSR count). The van der Waals surface area contributed by atoms with E-state index in [1.807, 2.05) is 0 Å². The first-order valence-corrected chi connectivity index (χ1v) is 6.72. The third-order valence-corrected chi connectivity index (χ3v) is 4.00. The molecule has 1 aliphatic heterocycles. The van der Waals surface area contributed by atoms with Crippen molar-refractivity contribution >= 4 is 0 Å². The number of likely N-dealkylation sites (tertiary alicyclic amines) is 1. The van der Waals surface area contributed by atoms with Gasteiger partial charge in [0.25, 0.3) is 0 Å². The molecular weight excluding hydrogens is 184 g/mol. The molecular formula is C13H26N2. The minimum Gasteiger partial charge on any atom is -0.311 e. The molecule has 0 radical (unpaired) electrons. The van der Waals surface area contributed by atoms with Gasteiger partial charge in [0.1, 0.15) is 0 Å². The Morgan fingerprint density at radius 1 is 1.20 bits per heavy atom. The fourth-order valence-corrected chi connectivity index (χ4v) is 2.62. The lowest BCUT2D eigenvalue weighted by Gasteiger charge is -2.32. The van der Waals surface area contributed by atoms with Crippen LogP contribution in [0.25, 0.3) is 0 Å². The molecule has 2 nitrogen and oxygen atoms in total. The van der Waals surface area contributed by atoms with E-state index in [0.29, 0.717) is 0 Å². The van der Waals surface area contributed by atoms with Crippen LogP contribution in [-0.4, -0.2) is 37.1 Å². The first-order valence-electron chi connectivity index (χ1n) is 6.72. The zero-order chi connectivity index (χ0) is 10.7. The summed E-state index contributed by atoms with van der Waals surface area (Å²) in [6.45, 7) is 4.88. The molecule has 1 aliphatic carbocycles. The molecule has 0 aromatic rings. The lowest BCUT2D eigenvalue weighted by molar-refractivity contribution is 0.219. The summed E-state index contributed by atoms with van der Waals surface area (Å²) in [4.78, 5) is 2.44. The first-order chi connectivity index (χ1) is 7.28. The van der Waals surface area contributed by atoms with Crippen molar-refractivity contribution in [3.63, 3.8) is 0 Å². The van der Waals surface area contributed by atoms with E-state index in [2.05, 4.69) is 24.2 Å². The molecule has 0 bridgehead atoms. The number of hydrogen-bond donors (Lipinski definition) is 1. The molecule has 0 aromatic carbocycles. The maximum atomic E-state index is 3.87. The molecule has 0 amide bonds. The molecule has 2 aliphatic rings. The van der Waals surface area contributed by atoms with Gasteiger partial charge in [-0.05, 0) is 51.7 Å². The van der Waals surface area contributed by atoms with Gasteiger partial charge in [-0.2, -0.15) is 0 Å². The number of nitrogens with one attached hydrogen (secondary N) is 1. The van der Waals surface area contributed by atoms with Crippen molar-refractivity contribution in [3.05, 3.63) is 0 Å². The molecule has 1 saturated heterocycles. The maximum absolute atomic E-state index is 3.87. The van der Waals surface area contributed by atoms with E-state index in [1.165, 1.54) is 51.6 Å². The lowest BCUT2D eigenvalue weighted by atomic mass is 10.0. The Hall–Kier alpha value is -0.0800. The Morgan fingerprint density at radius 2 is 1.87 bits per heavy atom. The van der Waals surface area contributed by atoms with Crippen molar-refractivity contribution in [2.24, 2.45) is 5.92 Å². The van der Waals surface area contributed by atoms with Crippen LogP contribution >= 0.6 is 0 Å². The van der Waals surface area contributed by atoms with Gasteiger partial charge >= 0.3 is 0 Å². The van der Waals surface area contributed by atoms with Crippen LogP contribution in [0, 0.1) is 5.92 Å². The zero-order valence-corrected chi connectivity index (χ0v) is 10.3. The summed E-state index contributed by atoms with van der Waals surface area (Å²) < 4.78 is 0. The van der Waals surface area contributed by atoms with E-state index >= 15 is 0 Å². The Balaban J connectivity index is 1.68. The molecule has 2 fully saturated rings. The predicted octanol–water partition coefficient (Wildman–Crippen LogP) is 2.25.